The summed E-state index contributed by atoms with van der Waals surface area (Å²) in [4.78, 5) is 0. The van der Waals surface area contributed by atoms with Gasteiger partial charge in [0, 0.05) is 22.9 Å². The Morgan fingerprint density at radius 1 is 0.636 bits per heavy atom. The molecule has 0 spiro atoms. The standard InChI is InChI=1S/C30H48N2O/c1-3-5-7-9-11-13-15-27(24-17-20-26(31)21-18-24)25-19-22-29(32)28(23-25)30(33)16-14-12-10-8-6-4-2/h17-23,27,30,33H,3-16,31-32H2,1-2H3. The third-order valence-corrected chi connectivity index (χ3v) is 6.89. The molecular weight excluding hydrogens is 404 g/mol. The van der Waals surface area contributed by atoms with Crippen LogP contribution in [0.3, 0.4) is 0 Å². The van der Waals surface area contributed by atoms with E-state index in [4.69, 9.17) is 11.5 Å². The summed E-state index contributed by atoms with van der Waals surface area (Å²) in [6, 6.07) is 14.6. The van der Waals surface area contributed by atoms with Gasteiger partial charge in [-0.2, -0.15) is 0 Å². The number of hydrogen-bond donors (Lipinski definition) is 3. The molecule has 0 heterocycles. The van der Waals surface area contributed by atoms with Crippen LogP contribution in [0, 0.1) is 0 Å². The second-order valence-corrected chi connectivity index (χ2v) is 9.74. The van der Waals surface area contributed by atoms with E-state index in [1.807, 2.05) is 18.2 Å². The van der Waals surface area contributed by atoms with E-state index in [1.165, 1.54) is 81.8 Å². The van der Waals surface area contributed by atoms with Gasteiger partial charge in [0.25, 0.3) is 0 Å². The maximum atomic E-state index is 10.9. The first-order chi connectivity index (χ1) is 16.1. The molecule has 33 heavy (non-hydrogen) atoms. The van der Waals surface area contributed by atoms with Crippen LogP contribution < -0.4 is 11.5 Å². The highest BCUT2D eigenvalue weighted by Gasteiger charge is 2.18. The average Bonchev–Trinajstić information content (AvgIpc) is 2.82. The molecule has 3 nitrogen and oxygen atoms in total. The van der Waals surface area contributed by atoms with E-state index in [2.05, 4.69) is 38.1 Å². The molecule has 0 amide bonds. The van der Waals surface area contributed by atoms with Crippen molar-refractivity contribution >= 4 is 11.4 Å². The molecule has 0 aliphatic rings. The Balaban J connectivity index is 2.08. The first-order valence-corrected chi connectivity index (χ1v) is 13.5. The minimum absolute atomic E-state index is 0.303. The fraction of sp³-hybridized carbons (Fsp3) is 0.600. The zero-order chi connectivity index (χ0) is 23.9. The van der Waals surface area contributed by atoms with Crippen LogP contribution in [0.2, 0.25) is 0 Å². The lowest BCUT2D eigenvalue weighted by Crippen LogP contribution is -2.07. The molecule has 0 aliphatic carbocycles. The third kappa shape index (κ3) is 9.80. The SMILES string of the molecule is CCCCCCCCC(O)c1cc(C(CCCCCCCC)c2ccc(N)cc2)ccc1N. The molecule has 2 atom stereocenters. The van der Waals surface area contributed by atoms with Gasteiger partial charge in [-0.05, 0) is 42.2 Å². The summed E-state index contributed by atoms with van der Waals surface area (Å²) in [7, 11) is 0. The van der Waals surface area contributed by atoms with Gasteiger partial charge in [-0.15, -0.1) is 0 Å². The van der Waals surface area contributed by atoms with E-state index in [-0.39, 0.29) is 0 Å². The average molecular weight is 453 g/mol. The zero-order valence-corrected chi connectivity index (χ0v) is 21.2. The number of nitrogens with two attached hydrogens (primary N) is 2. The Bertz CT molecular complexity index is 771. The van der Waals surface area contributed by atoms with Crippen molar-refractivity contribution in [3.63, 3.8) is 0 Å². The molecule has 5 N–H and O–H groups in total. The number of aliphatic hydroxyl groups is 1. The summed E-state index contributed by atoms with van der Waals surface area (Å²) in [6.07, 6.45) is 16.5. The zero-order valence-electron chi connectivity index (χ0n) is 21.2. The Labute approximate surface area is 203 Å². The predicted molar refractivity (Wildman–Crippen MR) is 144 cm³/mol. The Kier molecular flexibility index (Phi) is 13.0. The number of benzene rings is 2. The summed E-state index contributed by atoms with van der Waals surface area (Å²) >= 11 is 0. The van der Waals surface area contributed by atoms with Crippen LogP contribution in [0.4, 0.5) is 11.4 Å². The highest BCUT2D eigenvalue weighted by atomic mass is 16.3. The van der Waals surface area contributed by atoms with E-state index in [0.717, 1.165) is 30.5 Å². The molecule has 0 bridgehead atoms. The van der Waals surface area contributed by atoms with E-state index < -0.39 is 6.10 Å². The molecule has 3 heteroatoms. The number of hydrogen-bond acceptors (Lipinski definition) is 3. The highest BCUT2D eigenvalue weighted by molar-refractivity contribution is 5.52. The minimum atomic E-state index is -0.489. The van der Waals surface area contributed by atoms with Crippen LogP contribution in [0.25, 0.3) is 0 Å². The molecule has 2 rings (SSSR count). The first-order valence-electron chi connectivity index (χ1n) is 13.5. The van der Waals surface area contributed by atoms with Gasteiger partial charge in [0.05, 0.1) is 6.10 Å². The van der Waals surface area contributed by atoms with Gasteiger partial charge in [-0.25, -0.2) is 0 Å². The topological polar surface area (TPSA) is 72.3 Å². The van der Waals surface area contributed by atoms with Crippen LogP contribution in [-0.4, -0.2) is 5.11 Å². The molecular formula is C30H48N2O. The van der Waals surface area contributed by atoms with E-state index >= 15 is 0 Å². The molecule has 0 radical (unpaired) electrons. The number of unbranched alkanes of at least 4 members (excludes halogenated alkanes) is 10. The Hall–Kier alpha value is -2.00. The maximum Gasteiger partial charge on any atom is 0.0810 e. The summed E-state index contributed by atoms with van der Waals surface area (Å²) < 4.78 is 0. The molecule has 0 saturated heterocycles. The molecule has 0 aromatic heterocycles. The highest BCUT2D eigenvalue weighted by Crippen LogP contribution is 2.35. The fourth-order valence-corrected chi connectivity index (χ4v) is 4.75. The van der Waals surface area contributed by atoms with Crippen molar-refractivity contribution in [1.82, 2.24) is 0 Å². The Morgan fingerprint density at radius 3 is 1.76 bits per heavy atom. The van der Waals surface area contributed by atoms with Gasteiger partial charge < -0.3 is 16.6 Å². The first kappa shape index (κ1) is 27.2. The van der Waals surface area contributed by atoms with E-state index in [9.17, 15) is 5.11 Å². The van der Waals surface area contributed by atoms with Crippen molar-refractivity contribution in [2.45, 2.75) is 116 Å². The van der Waals surface area contributed by atoms with Crippen molar-refractivity contribution in [1.29, 1.82) is 0 Å². The third-order valence-electron chi connectivity index (χ3n) is 6.89. The number of nitrogen functional groups attached to an aromatic ring is 2. The number of anilines is 2. The van der Waals surface area contributed by atoms with Gasteiger partial charge in [-0.1, -0.05) is 115 Å². The van der Waals surface area contributed by atoms with Gasteiger partial charge >= 0.3 is 0 Å². The van der Waals surface area contributed by atoms with Crippen LogP contribution in [-0.2, 0) is 0 Å². The van der Waals surface area contributed by atoms with Crippen LogP contribution in [0.5, 0.6) is 0 Å². The number of aliphatic hydroxyl groups excluding tert-OH is 1. The summed E-state index contributed by atoms with van der Waals surface area (Å²) in [5.74, 6) is 0.303. The predicted octanol–water partition coefficient (Wildman–Crippen LogP) is 8.52. The van der Waals surface area contributed by atoms with Crippen LogP contribution in [0.15, 0.2) is 42.5 Å². The molecule has 0 saturated carbocycles. The lowest BCUT2D eigenvalue weighted by atomic mass is 9.85. The fourth-order valence-electron chi connectivity index (χ4n) is 4.75. The molecule has 2 aromatic rings. The lowest BCUT2D eigenvalue weighted by Gasteiger charge is -2.21. The Morgan fingerprint density at radius 2 is 1.15 bits per heavy atom. The summed E-state index contributed by atoms with van der Waals surface area (Å²) in [6.45, 7) is 4.50. The smallest absolute Gasteiger partial charge is 0.0810 e. The van der Waals surface area contributed by atoms with Crippen molar-refractivity contribution in [3.8, 4) is 0 Å². The second-order valence-electron chi connectivity index (χ2n) is 9.74. The van der Waals surface area contributed by atoms with Gasteiger partial charge in [-0.3, -0.25) is 0 Å². The number of rotatable bonds is 17. The minimum Gasteiger partial charge on any atom is -0.399 e. The monoisotopic (exact) mass is 452 g/mol. The quantitative estimate of drug-likeness (QED) is 0.166. The van der Waals surface area contributed by atoms with Crippen molar-refractivity contribution in [2.24, 2.45) is 0 Å². The molecule has 2 aromatic carbocycles. The van der Waals surface area contributed by atoms with Crippen molar-refractivity contribution in [2.75, 3.05) is 11.5 Å². The van der Waals surface area contributed by atoms with Crippen LogP contribution in [0.1, 0.15) is 132 Å². The van der Waals surface area contributed by atoms with Crippen LogP contribution >= 0.6 is 0 Å². The lowest BCUT2D eigenvalue weighted by molar-refractivity contribution is 0.164. The van der Waals surface area contributed by atoms with Gasteiger partial charge in [0.2, 0.25) is 0 Å². The molecule has 0 fully saturated rings. The van der Waals surface area contributed by atoms with Crippen molar-refractivity contribution < 1.29 is 5.11 Å². The summed E-state index contributed by atoms with van der Waals surface area (Å²) in [5.41, 5.74) is 17.2. The molecule has 184 valence electrons. The van der Waals surface area contributed by atoms with Gasteiger partial charge in [0.15, 0.2) is 0 Å². The maximum absolute atomic E-state index is 10.9. The normalized spacial score (nSPS) is 13.2. The second kappa shape index (κ2) is 15.8. The molecule has 2 unspecified atom stereocenters. The van der Waals surface area contributed by atoms with Gasteiger partial charge in [0.1, 0.15) is 0 Å². The summed E-state index contributed by atoms with van der Waals surface area (Å²) in [5, 5.41) is 10.9. The van der Waals surface area contributed by atoms with Crippen molar-refractivity contribution in [3.05, 3.63) is 59.2 Å². The van der Waals surface area contributed by atoms with E-state index in [1.54, 1.807) is 0 Å². The molecule has 0 aliphatic heterocycles. The largest absolute Gasteiger partial charge is 0.399 e. The van der Waals surface area contributed by atoms with E-state index in [0.29, 0.717) is 11.6 Å².